The van der Waals surface area contributed by atoms with Crippen LogP contribution >= 0.6 is 0 Å². The number of aromatic nitrogens is 2. The fourth-order valence-electron chi connectivity index (χ4n) is 2.15. The molecule has 1 aromatic rings. The molecule has 0 unspecified atom stereocenters. The molecule has 0 spiro atoms. The molecule has 7 heteroatoms. The number of hydrogen-bond donors (Lipinski definition) is 2. The molecule has 0 amide bonds. The Kier molecular flexibility index (Phi) is 5.34. The zero-order valence-corrected chi connectivity index (χ0v) is 13.7. The highest BCUT2D eigenvalue weighted by Gasteiger charge is 2.26. The van der Waals surface area contributed by atoms with Crippen molar-refractivity contribution in [1.82, 2.24) is 14.5 Å². The summed E-state index contributed by atoms with van der Waals surface area (Å²) < 4.78 is 29.0. The molecule has 1 heterocycles. The first kappa shape index (κ1) is 17.1. The predicted molar refractivity (Wildman–Crippen MR) is 78.0 cm³/mol. The van der Waals surface area contributed by atoms with Gasteiger partial charge >= 0.3 is 0 Å². The number of rotatable bonds is 7. The molecule has 6 nitrogen and oxygen atoms in total. The molecule has 0 fully saturated rings. The van der Waals surface area contributed by atoms with Gasteiger partial charge in [0.1, 0.15) is 4.90 Å². The van der Waals surface area contributed by atoms with Crippen molar-refractivity contribution >= 4 is 10.0 Å². The molecule has 0 aliphatic heterocycles. The van der Waals surface area contributed by atoms with Crippen molar-refractivity contribution < 1.29 is 13.5 Å². The molecule has 0 aliphatic carbocycles. The highest BCUT2D eigenvalue weighted by Crippen LogP contribution is 2.23. The van der Waals surface area contributed by atoms with E-state index in [0.29, 0.717) is 24.4 Å². The molecule has 0 radical (unpaired) electrons. The van der Waals surface area contributed by atoms with Gasteiger partial charge in [-0.25, -0.2) is 13.1 Å². The summed E-state index contributed by atoms with van der Waals surface area (Å²) >= 11 is 0. The van der Waals surface area contributed by atoms with Gasteiger partial charge in [-0.1, -0.05) is 13.8 Å². The van der Waals surface area contributed by atoms with E-state index in [0.717, 1.165) is 6.42 Å². The maximum atomic E-state index is 12.4. The summed E-state index contributed by atoms with van der Waals surface area (Å²) in [5.41, 5.74) is 0.939. The van der Waals surface area contributed by atoms with Crippen LogP contribution in [-0.2, 0) is 17.1 Å². The number of sulfonamides is 1. The van der Waals surface area contributed by atoms with Crippen LogP contribution in [0.2, 0.25) is 0 Å². The topological polar surface area (TPSA) is 84.2 Å². The van der Waals surface area contributed by atoms with Crippen LogP contribution < -0.4 is 4.72 Å². The summed E-state index contributed by atoms with van der Waals surface area (Å²) in [4.78, 5) is 0.262. The lowest BCUT2D eigenvalue weighted by molar-refractivity contribution is 0.242. The summed E-state index contributed by atoms with van der Waals surface area (Å²) in [6.45, 7) is 7.85. The standard InChI is InChI=1S/C13H25N3O3S/c1-10-12(11(2)16(5)15-10)20(18,19)14-9-13(3,4)7-6-8-17/h14,17H,6-9H2,1-5H3. The second kappa shape index (κ2) is 6.24. The van der Waals surface area contributed by atoms with Crippen LogP contribution in [0, 0.1) is 19.3 Å². The Hall–Kier alpha value is -0.920. The first-order valence-corrected chi connectivity index (χ1v) is 8.20. The fourth-order valence-corrected chi connectivity index (χ4v) is 3.83. The van der Waals surface area contributed by atoms with E-state index in [2.05, 4.69) is 9.82 Å². The lowest BCUT2D eigenvalue weighted by Crippen LogP contribution is -2.34. The minimum atomic E-state index is -3.55. The van der Waals surface area contributed by atoms with Gasteiger partial charge in [-0.3, -0.25) is 4.68 Å². The Morgan fingerprint density at radius 1 is 1.35 bits per heavy atom. The minimum Gasteiger partial charge on any atom is -0.396 e. The van der Waals surface area contributed by atoms with Crippen molar-refractivity contribution in [1.29, 1.82) is 0 Å². The number of aliphatic hydroxyl groups is 1. The van der Waals surface area contributed by atoms with E-state index in [1.807, 2.05) is 13.8 Å². The normalized spacial score (nSPS) is 12.9. The van der Waals surface area contributed by atoms with E-state index in [4.69, 9.17) is 5.11 Å². The van der Waals surface area contributed by atoms with Crippen LogP contribution in [0.4, 0.5) is 0 Å². The van der Waals surface area contributed by atoms with Crippen molar-refractivity contribution in [2.75, 3.05) is 13.2 Å². The molecule has 2 N–H and O–H groups in total. The van der Waals surface area contributed by atoms with Crippen molar-refractivity contribution in [3.63, 3.8) is 0 Å². The maximum Gasteiger partial charge on any atom is 0.244 e. The average molecular weight is 303 g/mol. The number of aliphatic hydroxyl groups excluding tert-OH is 1. The quantitative estimate of drug-likeness (QED) is 0.790. The van der Waals surface area contributed by atoms with E-state index in [1.165, 1.54) is 0 Å². The van der Waals surface area contributed by atoms with E-state index >= 15 is 0 Å². The number of aryl methyl sites for hydroxylation is 2. The van der Waals surface area contributed by atoms with Crippen molar-refractivity contribution in [3.8, 4) is 0 Å². The summed E-state index contributed by atoms with van der Waals surface area (Å²) in [7, 11) is -1.83. The molecule has 0 aromatic carbocycles. The molecule has 116 valence electrons. The lowest BCUT2D eigenvalue weighted by Gasteiger charge is -2.24. The third-order valence-corrected chi connectivity index (χ3v) is 5.12. The SMILES string of the molecule is Cc1nn(C)c(C)c1S(=O)(=O)NCC(C)(C)CCCO. The smallest absolute Gasteiger partial charge is 0.244 e. The van der Waals surface area contributed by atoms with Gasteiger partial charge in [-0.05, 0) is 32.1 Å². The van der Waals surface area contributed by atoms with Crippen molar-refractivity contribution in [2.45, 2.75) is 45.4 Å². The largest absolute Gasteiger partial charge is 0.396 e. The predicted octanol–water partition coefficient (Wildman–Crippen LogP) is 1.11. The van der Waals surface area contributed by atoms with Crippen molar-refractivity contribution in [2.24, 2.45) is 12.5 Å². The highest BCUT2D eigenvalue weighted by molar-refractivity contribution is 7.89. The van der Waals surface area contributed by atoms with Gasteiger partial charge in [0.15, 0.2) is 0 Å². The number of nitrogens with zero attached hydrogens (tertiary/aromatic N) is 2. The van der Waals surface area contributed by atoms with Crippen LogP contribution in [0.3, 0.4) is 0 Å². The van der Waals surface area contributed by atoms with E-state index < -0.39 is 10.0 Å². The van der Waals surface area contributed by atoms with Gasteiger partial charge in [-0.15, -0.1) is 0 Å². The Morgan fingerprint density at radius 3 is 2.40 bits per heavy atom. The van der Waals surface area contributed by atoms with Crippen molar-refractivity contribution in [3.05, 3.63) is 11.4 Å². The van der Waals surface area contributed by atoms with Gasteiger partial charge in [-0.2, -0.15) is 5.10 Å². The van der Waals surface area contributed by atoms with E-state index in [-0.39, 0.29) is 16.9 Å². The lowest BCUT2D eigenvalue weighted by atomic mass is 9.88. The monoisotopic (exact) mass is 303 g/mol. The zero-order valence-electron chi connectivity index (χ0n) is 12.9. The molecule has 20 heavy (non-hydrogen) atoms. The maximum absolute atomic E-state index is 12.4. The molecular formula is C13H25N3O3S. The minimum absolute atomic E-state index is 0.122. The van der Waals surface area contributed by atoms with Crippen LogP contribution in [0.25, 0.3) is 0 Å². The van der Waals surface area contributed by atoms with Crippen LogP contribution in [0.5, 0.6) is 0 Å². The van der Waals surface area contributed by atoms with E-state index in [1.54, 1.807) is 25.6 Å². The summed E-state index contributed by atoms with van der Waals surface area (Å²) in [5.74, 6) is 0. The zero-order chi connectivity index (χ0) is 15.6. The van der Waals surface area contributed by atoms with E-state index in [9.17, 15) is 8.42 Å². The molecule has 0 aliphatic rings. The first-order valence-electron chi connectivity index (χ1n) is 6.71. The molecular weight excluding hydrogens is 278 g/mol. The van der Waals surface area contributed by atoms with Gasteiger partial charge in [0, 0.05) is 20.2 Å². The van der Waals surface area contributed by atoms with Gasteiger partial charge in [0.2, 0.25) is 10.0 Å². The van der Waals surface area contributed by atoms with Gasteiger partial charge in [0.25, 0.3) is 0 Å². The summed E-state index contributed by atoms with van der Waals surface area (Å²) in [6, 6.07) is 0. The number of hydrogen-bond acceptors (Lipinski definition) is 4. The van der Waals surface area contributed by atoms with Crippen LogP contribution in [-0.4, -0.2) is 36.5 Å². The number of nitrogens with one attached hydrogen (secondary N) is 1. The average Bonchev–Trinajstić information content (AvgIpc) is 2.59. The molecule has 0 atom stereocenters. The fraction of sp³-hybridized carbons (Fsp3) is 0.769. The Labute approximate surface area is 121 Å². The van der Waals surface area contributed by atoms with Crippen LogP contribution in [0.15, 0.2) is 4.90 Å². The third-order valence-electron chi connectivity index (χ3n) is 3.46. The van der Waals surface area contributed by atoms with Gasteiger partial charge < -0.3 is 5.11 Å². The molecule has 0 saturated heterocycles. The Bertz CT molecular complexity index is 562. The second-order valence-corrected chi connectivity index (χ2v) is 7.64. The molecule has 0 bridgehead atoms. The van der Waals surface area contributed by atoms with Crippen LogP contribution in [0.1, 0.15) is 38.1 Å². The first-order chi connectivity index (χ1) is 9.10. The molecule has 1 rings (SSSR count). The Balaban J connectivity index is 2.86. The highest BCUT2D eigenvalue weighted by atomic mass is 32.2. The second-order valence-electron chi connectivity index (χ2n) is 5.94. The molecule has 0 saturated carbocycles. The summed E-state index contributed by atoms with van der Waals surface area (Å²) in [5, 5.41) is 13.0. The molecule has 1 aromatic heterocycles. The third kappa shape index (κ3) is 4.04. The van der Waals surface area contributed by atoms with Gasteiger partial charge in [0.05, 0.1) is 11.4 Å². The summed E-state index contributed by atoms with van der Waals surface area (Å²) in [6.07, 6.45) is 1.43. The Morgan fingerprint density at radius 2 is 1.95 bits per heavy atom.